The van der Waals surface area contributed by atoms with Crippen LogP contribution >= 0.6 is 0 Å². The van der Waals surface area contributed by atoms with Gasteiger partial charge in [0, 0.05) is 10.8 Å². The second-order valence-corrected chi connectivity index (χ2v) is 16.8. The number of hydrogen-bond donors (Lipinski definition) is 4. The molecule has 2 fully saturated rings. The molecule has 52 heavy (non-hydrogen) atoms. The van der Waals surface area contributed by atoms with Gasteiger partial charge >= 0.3 is 0 Å². The normalized spacial score (nSPS) is 17.7. The van der Waals surface area contributed by atoms with E-state index >= 15 is 0 Å². The summed E-state index contributed by atoms with van der Waals surface area (Å²) in [7, 11) is 0. The standard InChI is InChI=1S/C48H62O4/c1-33-29-39(13-17-43(33)49)47(40-14-18-44(50)34(2)30-40)25-21-37(22-26-47)11-9-7-5-6-8-10-12-38-23-27-48(28-24-38,41-15-19-45(51)35(3)31-41)42-16-20-46(52)36(4)32-42/h13-20,29-32,37-38,49-52H,5-12,21-28H2,1-4H3. The summed E-state index contributed by atoms with van der Waals surface area (Å²) in [6.07, 6.45) is 20.0. The highest BCUT2D eigenvalue weighted by atomic mass is 16.3. The van der Waals surface area contributed by atoms with E-state index < -0.39 is 0 Å². The minimum atomic E-state index is -0.0671. The van der Waals surface area contributed by atoms with Crippen molar-refractivity contribution in [2.24, 2.45) is 11.8 Å². The quantitative estimate of drug-likeness (QED) is 0.105. The Balaban J connectivity index is 0.932. The molecule has 4 nitrogen and oxygen atoms in total. The molecule has 2 saturated carbocycles. The van der Waals surface area contributed by atoms with Crippen molar-refractivity contribution < 1.29 is 20.4 Å². The molecule has 4 N–H and O–H groups in total. The molecular formula is C48H62O4. The monoisotopic (exact) mass is 702 g/mol. The van der Waals surface area contributed by atoms with E-state index in [4.69, 9.17) is 0 Å². The van der Waals surface area contributed by atoms with Crippen molar-refractivity contribution in [2.45, 2.75) is 141 Å². The van der Waals surface area contributed by atoms with Crippen LogP contribution < -0.4 is 0 Å². The largest absolute Gasteiger partial charge is 0.508 e. The Morgan fingerprint density at radius 2 is 0.654 bits per heavy atom. The number of aryl methyl sites for hydroxylation is 4. The fraction of sp³-hybridized carbons (Fsp3) is 0.500. The number of aromatic hydroxyl groups is 4. The van der Waals surface area contributed by atoms with Gasteiger partial charge in [0.15, 0.2) is 0 Å². The van der Waals surface area contributed by atoms with E-state index in [1.807, 2.05) is 52.0 Å². The zero-order chi connectivity index (χ0) is 36.9. The molecular weight excluding hydrogens is 641 g/mol. The van der Waals surface area contributed by atoms with Crippen LogP contribution in [-0.2, 0) is 10.8 Å². The van der Waals surface area contributed by atoms with Gasteiger partial charge in [-0.1, -0.05) is 99.9 Å². The molecule has 2 aliphatic rings. The molecule has 4 aromatic carbocycles. The zero-order valence-corrected chi connectivity index (χ0v) is 32.2. The maximum absolute atomic E-state index is 10.2. The average Bonchev–Trinajstić information content (AvgIpc) is 3.14. The van der Waals surface area contributed by atoms with Gasteiger partial charge in [-0.3, -0.25) is 0 Å². The van der Waals surface area contributed by atoms with Crippen LogP contribution in [0.2, 0.25) is 0 Å². The third-order valence-corrected chi connectivity index (χ3v) is 13.4. The van der Waals surface area contributed by atoms with Gasteiger partial charge in [-0.25, -0.2) is 0 Å². The van der Waals surface area contributed by atoms with Crippen molar-refractivity contribution in [1.82, 2.24) is 0 Å². The Bertz CT molecular complexity index is 1570. The summed E-state index contributed by atoms with van der Waals surface area (Å²) in [5, 5.41) is 41.0. The summed E-state index contributed by atoms with van der Waals surface area (Å²) in [4.78, 5) is 0. The predicted molar refractivity (Wildman–Crippen MR) is 214 cm³/mol. The Morgan fingerprint density at radius 1 is 0.404 bits per heavy atom. The third kappa shape index (κ3) is 8.17. The van der Waals surface area contributed by atoms with Crippen molar-refractivity contribution >= 4 is 0 Å². The minimum Gasteiger partial charge on any atom is -0.508 e. The summed E-state index contributed by atoms with van der Waals surface area (Å²) >= 11 is 0. The second-order valence-electron chi connectivity index (χ2n) is 16.8. The van der Waals surface area contributed by atoms with Crippen molar-refractivity contribution in [3.8, 4) is 23.0 Å². The van der Waals surface area contributed by atoms with Gasteiger partial charge in [0.1, 0.15) is 23.0 Å². The van der Waals surface area contributed by atoms with Crippen LogP contribution in [0.1, 0.15) is 147 Å². The van der Waals surface area contributed by atoms with E-state index in [1.165, 1.54) is 99.3 Å². The van der Waals surface area contributed by atoms with Crippen molar-refractivity contribution in [1.29, 1.82) is 0 Å². The lowest BCUT2D eigenvalue weighted by atomic mass is 9.62. The molecule has 0 radical (unpaired) electrons. The molecule has 0 saturated heterocycles. The highest BCUT2D eigenvalue weighted by Gasteiger charge is 2.40. The highest BCUT2D eigenvalue weighted by molar-refractivity contribution is 5.49. The van der Waals surface area contributed by atoms with E-state index in [0.717, 1.165) is 59.8 Å². The molecule has 0 amide bonds. The summed E-state index contributed by atoms with van der Waals surface area (Å²) in [5.41, 5.74) is 8.74. The summed E-state index contributed by atoms with van der Waals surface area (Å²) in [6.45, 7) is 7.95. The zero-order valence-electron chi connectivity index (χ0n) is 32.2. The Kier molecular flexibility index (Phi) is 11.9. The van der Waals surface area contributed by atoms with Gasteiger partial charge in [0.05, 0.1) is 0 Å². The number of phenols is 4. The number of rotatable bonds is 13. The van der Waals surface area contributed by atoms with Crippen LogP contribution in [0.15, 0.2) is 72.8 Å². The Morgan fingerprint density at radius 3 is 0.904 bits per heavy atom. The fourth-order valence-corrected chi connectivity index (χ4v) is 9.79. The Hall–Kier alpha value is -3.92. The van der Waals surface area contributed by atoms with Crippen LogP contribution in [0.5, 0.6) is 23.0 Å². The molecule has 0 bridgehead atoms. The van der Waals surface area contributed by atoms with E-state index in [9.17, 15) is 20.4 Å². The lowest BCUT2D eigenvalue weighted by molar-refractivity contribution is 0.247. The second kappa shape index (κ2) is 16.4. The smallest absolute Gasteiger partial charge is 0.118 e. The lowest BCUT2D eigenvalue weighted by Crippen LogP contribution is -2.33. The van der Waals surface area contributed by atoms with Crippen molar-refractivity contribution in [3.63, 3.8) is 0 Å². The first-order chi connectivity index (χ1) is 25.0. The van der Waals surface area contributed by atoms with E-state index in [1.54, 1.807) is 0 Å². The minimum absolute atomic E-state index is 0.0671. The van der Waals surface area contributed by atoms with Gasteiger partial charge in [-0.05, 0) is 160 Å². The van der Waals surface area contributed by atoms with Crippen LogP contribution in [0.3, 0.4) is 0 Å². The van der Waals surface area contributed by atoms with Crippen LogP contribution in [-0.4, -0.2) is 20.4 Å². The van der Waals surface area contributed by atoms with E-state index in [0.29, 0.717) is 23.0 Å². The molecule has 0 spiro atoms. The molecule has 4 heteroatoms. The van der Waals surface area contributed by atoms with E-state index in [2.05, 4.69) is 48.5 Å². The average molecular weight is 703 g/mol. The maximum atomic E-state index is 10.2. The van der Waals surface area contributed by atoms with Crippen molar-refractivity contribution in [2.75, 3.05) is 0 Å². The predicted octanol–water partition coefficient (Wildman–Crippen LogP) is 12.5. The van der Waals surface area contributed by atoms with Gasteiger partial charge in [0.25, 0.3) is 0 Å². The van der Waals surface area contributed by atoms with E-state index in [-0.39, 0.29) is 10.8 Å². The van der Waals surface area contributed by atoms with Gasteiger partial charge in [0.2, 0.25) is 0 Å². The summed E-state index contributed by atoms with van der Waals surface area (Å²) in [5.74, 6) is 2.97. The van der Waals surface area contributed by atoms with Crippen molar-refractivity contribution in [3.05, 3.63) is 117 Å². The molecule has 0 aromatic heterocycles. The lowest BCUT2D eigenvalue weighted by Gasteiger charge is -2.42. The third-order valence-electron chi connectivity index (χ3n) is 13.4. The highest BCUT2D eigenvalue weighted by Crippen LogP contribution is 2.50. The first kappa shape index (κ1) is 37.8. The van der Waals surface area contributed by atoms with Crippen LogP contribution in [0, 0.1) is 39.5 Å². The number of phenolic OH excluding ortho intramolecular Hbond substituents is 4. The molecule has 2 aliphatic carbocycles. The first-order valence-electron chi connectivity index (χ1n) is 20.2. The molecule has 0 unspecified atom stereocenters. The molecule has 0 heterocycles. The summed E-state index contributed by atoms with van der Waals surface area (Å²) in [6, 6.07) is 24.6. The molecule has 0 atom stereocenters. The van der Waals surface area contributed by atoms with Crippen LogP contribution in [0.4, 0.5) is 0 Å². The SMILES string of the molecule is Cc1cc(C2(c3ccc(O)c(C)c3)CCC(CCCCCCCCC3CCC(c4ccc(O)c(C)c4)(c4ccc(O)c(C)c4)CC3)CC2)ccc1O. The van der Waals surface area contributed by atoms with Gasteiger partial charge < -0.3 is 20.4 Å². The molecule has 6 rings (SSSR count). The van der Waals surface area contributed by atoms with Crippen LogP contribution in [0.25, 0.3) is 0 Å². The fourth-order valence-electron chi connectivity index (χ4n) is 9.79. The summed E-state index contributed by atoms with van der Waals surface area (Å²) < 4.78 is 0. The molecule has 278 valence electrons. The maximum Gasteiger partial charge on any atom is 0.118 e. The topological polar surface area (TPSA) is 80.9 Å². The van der Waals surface area contributed by atoms with Gasteiger partial charge in [-0.2, -0.15) is 0 Å². The number of benzene rings is 4. The number of unbranched alkanes of at least 4 members (excludes halogenated alkanes) is 5. The van der Waals surface area contributed by atoms with Gasteiger partial charge in [-0.15, -0.1) is 0 Å². The first-order valence-corrected chi connectivity index (χ1v) is 20.2. The Labute approximate surface area is 313 Å². The molecule has 0 aliphatic heterocycles. The number of hydrogen-bond acceptors (Lipinski definition) is 4. The molecule has 4 aromatic rings.